The number of aliphatic carboxylic acids is 1. The molecular weight excluding hydrogens is 402 g/mol. The fourth-order valence-corrected chi connectivity index (χ4v) is 4.39. The van der Waals surface area contributed by atoms with E-state index in [9.17, 15) is 23.5 Å². The van der Waals surface area contributed by atoms with E-state index in [2.05, 4.69) is 5.32 Å². The Balaban J connectivity index is 1.43. The molecule has 1 fully saturated rings. The van der Waals surface area contributed by atoms with Crippen LogP contribution in [0.2, 0.25) is 0 Å². The van der Waals surface area contributed by atoms with Gasteiger partial charge in [0.05, 0.1) is 6.54 Å². The fourth-order valence-electron chi connectivity index (χ4n) is 4.39. The summed E-state index contributed by atoms with van der Waals surface area (Å²) in [7, 11) is 0. The lowest BCUT2D eigenvalue weighted by Gasteiger charge is -2.41. The summed E-state index contributed by atoms with van der Waals surface area (Å²) >= 11 is 0. The second-order valence-electron chi connectivity index (χ2n) is 8.14. The van der Waals surface area contributed by atoms with E-state index in [-0.39, 0.29) is 42.9 Å². The van der Waals surface area contributed by atoms with Crippen molar-refractivity contribution in [3.05, 3.63) is 83.1 Å². The Morgan fingerprint density at radius 2 is 1.81 bits per heavy atom. The van der Waals surface area contributed by atoms with Crippen molar-refractivity contribution in [1.82, 2.24) is 10.2 Å². The summed E-state index contributed by atoms with van der Waals surface area (Å²) < 4.78 is 26.5. The highest BCUT2D eigenvalue weighted by Gasteiger charge is 2.46. The van der Waals surface area contributed by atoms with Crippen LogP contribution in [0.15, 0.2) is 72.0 Å². The average molecular weight is 426 g/mol. The second-order valence-corrected chi connectivity index (χ2v) is 8.14. The molecule has 1 atom stereocenters. The molecule has 0 radical (unpaired) electrons. The Labute approximate surface area is 179 Å². The first kappa shape index (κ1) is 21.0. The Morgan fingerprint density at radius 1 is 1.10 bits per heavy atom. The third-order valence-corrected chi connectivity index (χ3v) is 6.35. The van der Waals surface area contributed by atoms with E-state index in [0.717, 1.165) is 5.56 Å². The minimum atomic E-state index is -1.14. The number of carbonyl (C=O) groups is 2. The van der Waals surface area contributed by atoms with Gasteiger partial charge >= 0.3 is 5.97 Å². The number of nitrogens with one attached hydrogen (secondary N) is 1. The molecule has 2 aliphatic heterocycles. The number of benzene rings is 1. The number of nitrogens with zero attached hydrogens (tertiary/aromatic N) is 1. The number of carbonyl (C=O) groups excluding carboxylic acids is 1. The topological polar surface area (TPSA) is 69.6 Å². The number of dihydropyridines is 1. The highest BCUT2D eigenvalue weighted by molar-refractivity contribution is 5.94. The Kier molecular flexibility index (Phi) is 5.76. The quantitative estimate of drug-likeness (QED) is 0.756. The van der Waals surface area contributed by atoms with Crippen molar-refractivity contribution >= 4 is 11.9 Å². The zero-order valence-electron chi connectivity index (χ0n) is 17.0. The Hall–Kier alpha value is -3.22. The van der Waals surface area contributed by atoms with Crippen molar-refractivity contribution in [3.8, 4) is 0 Å². The number of carboxylic acid groups (broad SMARTS) is 1. The molecular formula is C24H24F2N2O3. The van der Waals surface area contributed by atoms with Gasteiger partial charge in [0.1, 0.15) is 17.1 Å². The summed E-state index contributed by atoms with van der Waals surface area (Å²) in [5.41, 5.74) is 0.890. The smallest absolute Gasteiger partial charge is 0.315 e. The van der Waals surface area contributed by atoms with E-state index in [1.165, 1.54) is 18.2 Å². The zero-order valence-corrected chi connectivity index (χ0v) is 17.0. The standard InChI is InChI=1S/C24H24F2N2O3/c25-19-7-5-17(6-8-19)16-1-3-18(4-2-16)22(29)28-13-11-24(12-14-28,23(30)31)21-10-9-20(26)15-27-21/h1-5,7-10,17,27H,6,11-15H2,(H,30,31). The molecule has 1 aromatic carbocycles. The molecule has 0 saturated carbocycles. The SMILES string of the molecule is O=C(c1ccc(C2C=CC(F)=CC2)cc1)N1CCC(C(=O)O)(C2=CC=C(F)CN2)CC1. The summed E-state index contributed by atoms with van der Waals surface area (Å²) in [5.74, 6) is -1.60. The minimum absolute atomic E-state index is 0.0194. The van der Waals surface area contributed by atoms with Crippen LogP contribution in [-0.4, -0.2) is 41.5 Å². The van der Waals surface area contributed by atoms with Crippen LogP contribution in [-0.2, 0) is 4.79 Å². The van der Waals surface area contributed by atoms with Crippen molar-refractivity contribution < 1.29 is 23.5 Å². The van der Waals surface area contributed by atoms with Crippen molar-refractivity contribution in [2.75, 3.05) is 19.6 Å². The van der Waals surface area contributed by atoms with Crippen molar-refractivity contribution in [1.29, 1.82) is 0 Å². The van der Waals surface area contributed by atoms with Gasteiger partial charge in [0.25, 0.3) is 5.91 Å². The Morgan fingerprint density at radius 3 is 2.35 bits per heavy atom. The van der Waals surface area contributed by atoms with Gasteiger partial charge in [-0.05, 0) is 61.3 Å². The van der Waals surface area contributed by atoms with Gasteiger partial charge in [-0.3, -0.25) is 9.59 Å². The minimum Gasteiger partial charge on any atom is -0.481 e. The average Bonchev–Trinajstić information content (AvgIpc) is 2.80. The highest BCUT2D eigenvalue weighted by Crippen LogP contribution is 2.39. The maximum Gasteiger partial charge on any atom is 0.315 e. The molecule has 1 unspecified atom stereocenters. The molecule has 1 saturated heterocycles. The largest absolute Gasteiger partial charge is 0.481 e. The van der Waals surface area contributed by atoms with Gasteiger partial charge in [-0.1, -0.05) is 18.2 Å². The molecule has 31 heavy (non-hydrogen) atoms. The lowest BCUT2D eigenvalue weighted by Crippen LogP contribution is -2.50. The highest BCUT2D eigenvalue weighted by atomic mass is 19.1. The molecule has 2 heterocycles. The first-order valence-corrected chi connectivity index (χ1v) is 10.4. The normalized spacial score (nSPS) is 22.7. The number of likely N-dealkylation sites (tertiary alicyclic amines) is 1. The summed E-state index contributed by atoms with van der Waals surface area (Å²) in [4.78, 5) is 26.7. The van der Waals surface area contributed by atoms with Gasteiger partial charge in [0.2, 0.25) is 0 Å². The second kappa shape index (κ2) is 8.49. The number of rotatable bonds is 4. The van der Waals surface area contributed by atoms with Crippen LogP contribution in [0.3, 0.4) is 0 Å². The van der Waals surface area contributed by atoms with Crippen LogP contribution in [0.5, 0.6) is 0 Å². The van der Waals surface area contributed by atoms with Crippen molar-refractivity contribution in [2.45, 2.75) is 25.2 Å². The molecule has 2 N–H and O–H groups in total. The maximum atomic E-state index is 13.3. The first-order valence-electron chi connectivity index (χ1n) is 10.4. The van der Waals surface area contributed by atoms with E-state index in [1.807, 2.05) is 18.2 Å². The first-order chi connectivity index (χ1) is 14.9. The van der Waals surface area contributed by atoms with Gasteiger partial charge in [0.15, 0.2) is 0 Å². The molecule has 3 aliphatic rings. The summed E-state index contributed by atoms with van der Waals surface area (Å²) in [6, 6.07) is 7.28. The van der Waals surface area contributed by atoms with E-state index >= 15 is 0 Å². The van der Waals surface area contributed by atoms with Gasteiger partial charge in [-0.2, -0.15) is 0 Å². The number of hydrogen-bond acceptors (Lipinski definition) is 3. The number of hydrogen-bond donors (Lipinski definition) is 2. The maximum absolute atomic E-state index is 13.3. The van der Waals surface area contributed by atoms with Gasteiger partial charge < -0.3 is 15.3 Å². The molecule has 1 amide bonds. The third kappa shape index (κ3) is 4.17. The number of carboxylic acids is 1. The molecule has 1 aliphatic carbocycles. The molecule has 5 nitrogen and oxygen atoms in total. The van der Waals surface area contributed by atoms with Gasteiger partial charge in [-0.25, -0.2) is 8.78 Å². The molecule has 0 aromatic heterocycles. The molecule has 7 heteroatoms. The molecule has 162 valence electrons. The third-order valence-electron chi connectivity index (χ3n) is 6.35. The van der Waals surface area contributed by atoms with Crippen LogP contribution in [0.1, 0.15) is 41.1 Å². The number of piperidine rings is 1. The van der Waals surface area contributed by atoms with E-state index in [1.54, 1.807) is 23.1 Å². The molecule has 1 aromatic rings. The number of halogens is 2. The fraction of sp³-hybridized carbons (Fsp3) is 0.333. The summed E-state index contributed by atoms with van der Waals surface area (Å²) in [6.45, 7) is 0.579. The summed E-state index contributed by atoms with van der Waals surface area (Å²) in [5, 5.41) is 12.8. The van der Waals surface area contributed by atoms with E-state index in [4.69, 9.17) is 0 Å². The molecule has 0 spiro atoms. The van der Waals surface area contributed by atoms with Crippen LogP contribution >= 0.6 is 0 Å². The van der Waals surface area contributed by atoms with Gasteiger partial charge in [0, 0.05) is 30.3 Å². The predicted octanol–water partition coefficient (Wildman–Crippen LogP) is 4.23. The van der Waals surface area contributed by atoms with Crippen LogP contribution in [0.25, 0.3) is 0 Å². The molecule has 0 bridgehead atoms. The Bertz CT molecular complexity index is 1000. The van der Waals surface area contributed by atoms with Crippen LogP contribution in [0, 0.1) is 5.41 Å². The van der Waals surface area contributed by atoms with Crippen LogP contribution in [0.4, 0.5) is 8.78 Å². The lowest BCUT2D eigenvalue weighted by molar-refractivity contribution is -0.149. The lowest BCUT2D eigenvalue weighted by atomic mass is 9.74. The van der Waals surface area contributed by atoms with E-state index < -0.39 is 11.4 Å². The summed E-state index contributed by atoms with van der Waals surface area (Å²) in [6.07, 6.45) is 8.70. The van der Waals surface area contributed by atoms with Gasteiger partial charge in [-0.15, -0.1) is 0 Å². The van der Waals surface area contributed by atoms with Crippen molar-refractivity contribution in [3.63, 3.8) is 0 Å². The number of allylic oxidation sites excluding steroid dienone is 6. The molecule has 4 rings (SSSR count). The zero-order chi connectivity index (χ0) is 22.0. The monoisotopic (exact) mass is 426 g/mol. The van der Waals surface area contributed by atoms with Crippen molar-refractivity contribution in [2.24, 2.45) is 5.41 Å². The predicted molar refractivity (Wildman–Crippen MR) is 113 cm³/mol. The van der Waals surface area contributed by atoms with Crippen LogP contribution < -0.4 is 5.32 Å². The number of amides is 1. The van der Waals surface area contributed by atoms with E-state index in [0.29, 0.717) is 30.8 Å².